The van der Waals surface area contributed by atoms with E-state index in [-0.39, 0.29) is 4.87 Å². The van der Waals surface area contributed by atoms with Gasteiger partial charge in [0, 0.05) is 4.88 Å². The maximum atomic E-state index is 11.3. The Kier molecular flexibility index (Phi) is 2.73. The number of hydrogen-bond donors (Lipinski definition) is 1. The van der Waals surface area contributed by atoms with Crippen molar-refractivity contribution in [2.45, 2.75) is 20.3 Å². The third-order valence-corrected chi connectivity index (χ3v) is 3.38. The van der Waals surface area contributed by atoms with Crippen LogP contribution in [0.25, 0.3) is 11.3 Å². The molecule has 0 atom stereocenters. The number of aryl methyl sites for hydroxylation is 2. The molecule has 2 rings (SSSR count). The fraction of sp³-hybridized carbons (Fsp3) is 0.250. The van der Waals surface area contributed by atoms with Crippen molar-refractivity contribution in [3.05, 3.63) is 44.4 Å². The van der Waals surface area contributed by atoms with Gasteiger partial charge < -0.3 is 4.98 Å². The Hall–Kier alpha value is -1.35. The lowest BCUT2D eigenvalue weighted by Gasteiger charge is -2.01. The predicted molar refractivity (Wildman–Crippen MR) is 64.5 cm³/mol. The zero-order valence-electron chi connectivity index (χ0n) is 8.83. The van der Waals surface area contributed by atoms with Crippen LogP contribution in [0.4, 0.5) is 0 Å². The fourth-order valence-corrected chi connectivity index (χ4v) is 2.44. The van der Waals surface area contributed by atoms with Crippen molar-refractivity contribution in [2.24, 2.45) is 0 Å². The van der Waals surface area contributed by atoms with Crippen molar-refractivity contribution >= 4 is 11.3 Å². The Morgan fingerprint density at radius 1 is 1.40 bits per heavy atom. The number of H-pyrrole nitrogens is 1. The van der Waals surface area contributed by atoms with Crippen LogP contribution in [-0.2, 0) is 6.42 Å². The largest absolute Gasteiger partial charge is 0.312 e. The van der Waals surface area contributed by atoms with Crippen LogP contribution >= 0.6 is 11.3 Å². The topological polar surface area (TPSA) is 32.9 Å². The van der Waals surface area contributed by atoms with Crippen molar-refractivity contribution < 1.29 is 0 Å². The molecule has 0 bridgehead atoms. The number of nitrogens with one attached hydrogen (secondary N) is 1. The third kappa shape index (κ3) is 2.02. The quantitative estimate of drug-likeness (QED) is 0.827. The molecular weight excluding hydrogens is 206 g/mol. The molecule has 0 aliphatic heterocycles. The molecule has 0 spiro atoms. The molecule has 1 heterocycles. The lowest BCUT2D eigenvalue weighted by Crippen LogP contribution is -1.92. The molecule has 1 aromatic heterocycles. The highest BCUT2D eigenvalue weighted by molar-refractivity contribution is 7.09. The summed E-state index contributed by atoms with van der Waals surface area (Å²) in [6.45, 7) is 4.12. The average molecular weight is 219 g/mol. The third-order valence-electron chi connectivity index (χ3n) is 2.35. The Morgan fingerprint density at radius 2 is 2.20 bits per heavy atom. The maximum Gasteiger partial charge on any atom is 0.305 e. The summed E-state index contributed by atoms with van der Waals surface area (Å²) in [5, 5.41) is 0. The van der Waals surface area contributed by atoms with Crippen molar-refractivity contribution in [2.75, 3.05) is 0 Å². The second-order valence-electron chi connectivity index (χ2n) is 3.54. The molecule has 0 radical (unpaired) electrons. The van der Waals surface area contributed by atoms with Crippen LogP contribution in [0.2, 0.25) is 0 Å². The number of aromatic nitrogens is 1. The monoisotopic (exact) mass is 219 g/mol. The van der Waals surface area contributed by atoms with E-state index in [9.17, 15) is 4.79 Å². The molecule has 2 aromatic rings. The van der Waals surface area contributed by atoms with Gasteiger partial charge in [-0.05, 0) is 25.0 Å². The molecule has 78 valence electrons. The molecule has 15 heavy (non-hydrogen) atoms. The Bertz CT molecular complexity index is 524. The van der Waals surface area contributed by atoms with Gasteiger partial charge in [-0.3, -0.25) is 4.79 Å². The van der Waals surface area contributed by atoms with Crippen LogP contribution in [0.5, 0.6) is 0 Å². The zero-order valence-corrected chi connectivity index (χ0v) is 9.65. The Balaban J connectivity index is 2.57. The second kappa shape index (κ2) is 4.03. The van der Waals surface area contributed by atoms with Crippen LogP contribution in [0.3, 0.4) is 0 Å². The summed E-state index contributed by atoms with van der Waals surface area (Å²) in [4.78, 5) is 15.4. The minimum absolute atomic E-state index is 0.0309. The highest BCUT2D eigenvalue weighted by atomic mass is 32.1. The molecule has 0 fully saturated rings. The van der Waals surface area contributed by atoms with Crippen LogP contribution < -0.4 is 4.87 Å². The Labute approximate surface area is 92.6 Å². The molecule has 0 aliphatic carbocycles. The minimum Gasteiger partial charge on any atom is -0.312 e. The smallest absolute Gasteiger partial charge is 0.305 e. The van der Waals surface area contributed by atoms with E-state index < -0.39 is 0 Å². The second-order valence-corrected chi connectivity index (χ2v) is 4.60. The molecule has 2 nitrogen and oxygen atoms in total. The van der Waals surface area contributed by atoms with Gasteiger partial charge in [0.2, 0.25) is 0 Å². The van der Waals surface area contributed by atoms with Crippen molar-refractivity contribution in [1.29, 1.82) is 0 Å². The van der Waals surface area contributed by atoms with Crippen LogP contribution in [-0.4, -0.2) is 4.98 Å². The highest BCUT2D eigenvalue weighted by Crippen LogP contribution is 2.24. The van der Waals surface area contributed by atoms with Gasteiger partial charge in [-0.15, -0.1) is 0 Å². The summed E-state index contributed by atoms with van der Waals surface area (Å²) >= 11 is 1.30. The summed E-state index contributed by atoms with van der Waals surface area (Å²) in [6, 6.07) is 8.20. The Morgan fingerprint density at radius 3 is 2.87 bits per heavy atom. The number of thiazole rings is 1. The van der Waals surface area contributed by atoms with Crippen LogP contribution in [0.1, 0.15) is 17.4 Å². The van der Waals surface area contributed by atoms with Gasteiger partial charge in [0.15, 0.2) is 0 Å². The van der Waals surface area contributed by atoms with Gasteiger partial charge in [0.05, 0.1) is 5.69 Å². The van der Waals surface area contributed by atoms with Gasteiger partial charge in [0.25, 0.3) is 0 Å². The summed E-state index contributed by atoms with van der Waals surface area (Å²) in [6.07, 6.45) is 0.896. The van der Waals surface area contributed by atoms with E-state index in [1.54, 1.807) is 0 Å². The molecule has 0 saturated carbocycles. The molecule has 1 aromatic carbocycles. The summed E-state index contributed by atoms with van der Waals surface area (Å²) in [5.41, 5.74) is 3.29. The summed E-state index contributed by atoms with van der Waals surface area (Å²) < 4.78 is 0. The maximum absolute atomic E-state index is 11.3. The number of rotatable bonds is 2. The number of hydrogen-bond acceptors (Lipinski definition) is 2. The summed E-state index contributed by atoms with van der Waals surface area (Å²) in [7, 11) is 0. The van der Waals surface area contributed by atoms with Crippen molar-refractivity contribution in [1.82, 2.24) is 4.98 Å². The first-order valence-corrected chi connectivity index (χ1v) is 5.81. The van der Waals surface area contributed by atoms with E-state index in [2.05, 4.69) is 31.0 Å². The van der Waals surface area contributed by atoms with E-state index in [0.717, 1.165) is 22.6 Å². The van der Waals surface area contributed by atoms with E-state index in [4.69, 9.17) is 0 Å². The van der Waals surface area contributed by atoms with Crippen molar-refractivity contribution in [3.8, 4) is 11.3 Å². The SMILES string of the molecule is CCc1sc(=O)[nH]c1-c1cccc(C)c1. The van der Waals surface area contributed by atoms with Gasteiger partial charge in [-0.2, -0.15) is 0 Å². The normalized spacial score (nSPS) is 10.5. The summed E-state index contributed by atoms with van der Waals surface area (Å²) in [5.74, 6) is 0. The first-order chi connectivity index (χ1) is 7.20. The van der Waals surface area contributed by atoms with Gasteiger partial charge >= 0.3 is 4.87 Å². The van der Waals surface area contributed by atoms with E-state index in [1.165, 1.54) is 16.9 Å². The van der Waals surface area contributed by atoms with E-state index >= 15 is 0 Å². The molecule has 0 amide bonds. The molecule has 0 aliphatic rings. The first-order valence-electron chi connectivity index (χ1n) is 4.99. The molecule has 1 N–H and O–H groups in total. The minimum atomic E-state index is 0.0309. The van der Waals surface area contributed by atoms with E-state index in [0.29, 0.717) is 0 Å². The molecule has 0 saturated heterocycles. The highest BCUT2D eigenvalue weighted by Gasteiger charge is 2.08. The van der Waals surface area contributed by atoms with Gasteiger partial charge in [0.1, 0.15) is 0 Å². The number of aromatic amines is 1. The van der Waals surface area contributed by atoms with Gasteiger partial charge in [-0.25, -0.2) is 0 Å². The standard InChI is InChI=1S/C12H13NOS/c1-3-10-11(13-12(14)15-10)9-6-4-5-8(2)7-9/h4-7H,3H2,1-2H3,(H,13,14). The lowest BCUT2D eigenvalue weighted by atomic mass is 10.1. The van der Waals surface area contributed by atoms with E-state index in [1.807, 2.05) is 12.1 Å². The van der Waals surface area contributed by atoms with Crippen LogP contribution in [0, 0.1) is 6.92 Å². The predicted octanol–water partition coefficient (Wildman–Crippen LogP) is 2.97. The average Bonchev–Trinajstić information content (AvgIpc) is 2.59. The molecule has 3 heteroatoms. The molecular formula is C12H13NOS. The van der Waals surface area contributed by atoms with Crippen LogP contribution in [0.15, 0.2) is 29.1 Å². The zero-order chi connectivity index (χ0) is 10.8. The molecule has 0 unspecified atom stereocenters. The first kappa shape index (κ1) is 10.2. The lowest BCUT2D eigenvalue weighted by molar-refractivity contribution is 1.17. The number of benzene rings is 1. The fourth-order valence-electron chi connectivity index (χ4n) is 1.64. The van der Waals surface area contributed by atoms with Gasteiger partial charge in [-0.1, -0.05) is 42.0 Å². The van der Waals surface area contributed by atoms with Crippen molar-refractivity contribution in [3.63, 3.8) is 0 Å².